The third-order valence-corrected chi connectivity index (χ3v) is 2.46. The Morgan fingerprint density at radius 1 is 1.08 bits per heavy atom. The van der Waals surface area contributed by atoms with Gasteiger partial charge in [0.25, 0.3) is 0 Å². The highest BCUT2D eigenvalue weighted by molar-refractivity contribution is 8.26. The van der Waals surface area contributed by atoms with E-state index in [0.29, 0.717) is 6.42 Å². The Hall–Kier alpha value is -0.310. The van der Waals surface area contributed by atoms with E-state index < -0.39 is 0 Å². The van der Waals surface area contributed by atoms with Crippen molar-refractivity contribution in [1.29, 1.82) is 0 Å². The Balaban J connectivity index is 3.22. The van der Waals surface area contributed by atoms with Crippen LogP contribution in [0.2, 0.25) is 0 Å². The van der Waals surface area contributed by atoms with Crippen LogP contribution in [0.4, 0.5) is 0 Å². The summed E-state index contributed by atoms with van der Waals surface area (Å²) in [5, 5.41) is -0.0810. The van der Waals surface area contributed by atoms with E-state index in [4.69, 9.17) is 0 Å². The van der Waals surface area contributed by atoms with Gasteiger partial charge in [-0.05, 0) is 18.2 Å². The van der Waals surface area contributed by atoms with E-state index >= 15 is 0 Å². The van der Waals surface area contributed by atoms with E-state index in [1.807, 2.05) is 0 Å². The second-order valence-corrected chi connectivity index (χ2v) is 4.36. The van der Waals surface area contributed by atoms with Crippen LogP contribution in [-0.4, -0.2) is 10.2 Å². The predicted molar refractivity (Wildman–Crippen MR) is 56.7 cm³/mol. The molecule has 0 rings (SSSR count). The van der Waals surface area contributed by atoms with E-state index in [1.165, 1.54) is 26.2 Å². The van der Waals surface area contributed by atoms with Crippen molar-refractivity contribution in [2.45, 2.75) is 52.4 Å². The number of hydrogen-bond donors (Lipinski definition) is 0. The van der Waals surface area contributed by atoms with Gasteiger partial charge in [0.15, 0.2) is 10.2 Å². The van der Waals surface area contributed by atoms with Crippen LogP contribution >= 0.6 is 11.8 Å². The Morgan fingerprint density at radius 2 is 1.69 bits per heavy atom. The van der Waals surface area contributed by atoms with Gasteiger partial charge in [-0.1, -0.05) is 32.6 Å². The predicted octanol–water partition coefficient (Wildman–Crippen LogP) is 3.15. The molecule has 0 aromatic heterocycles. The first-order valence-corrected chi connectivity index (χ1v) is 5.69. The zero-order chi connectivity index (χ0) is 10.1. The molecule has 0 aromatic carbocycles. The molecule has 0 bridgehead atoms. The fourth-order valence-electron chi connectivity index (χ4n) is 1.08. The topological polar surface area (TPSA) is 34.1 Å². The van der Waals surface area contributed by atoms with Gasteiger partial charge in [0, 0.05) is 13.3 Å². The summed E-state index contributed by atoms with van der Waals surface area (Å²) in [5.41, 5.74) is 0. The van der Waals surface area contributed by atoms with Gasteiger partial charge < -0.3 is 0 Å². The van der Waals surface area contributed by atoms with Crippen LogP contribution in [0, 0.1) is 0 Å². The van der Waals surface area contributed by atoms with Crippen LogP contribution in [0.1, 0.15) is 52.4 Å². The molecule has 0 saturated heterocycles. The largest absolute Gasteiger partial charge is 0.287 e. The van der Waals surface area contributed by atoms with Gasteiger partial charge in [0.1, 0.15) is 0 Å². The third kappa shape index (κ3) is 9.61. The summed E-state index contributed by atoms with van der Waals surface area (Å²) in [4.78, 5) is 21.6. The van der Waals surface area contributed by atoms with Gasteiger partial charge in [-0.3, -0.25) is 9.59 Å². The highest BCUT2D eigenvalue weighted by Crippen LogP contribution is 2.11. The fourth-order valence-corrected chi connectivity index (χ4v) is 1.65. The third-order valence-electron chi connectivity index (χ3n) is 1.74. The number of unbranched alkanes of at least 4 members (excludes halogenated alkanes) is 4. The molecule has 0 aliphatic heterocycles. The Kier molecular flexibility index (Phi) is 8.10. The molecular formula is C10H18O2S. The fraction of sp³-hybridized carbons (Fsp3) is 0.800. The highest BCUT2D eigenvalue weighted by Gasteiger charge is 2.05. The summed E-state index contributed by atoms with van der Waals surface area (Å²) in [6.07, 6.45) is 6.25. The first-order valence-electron chi connectivity index (χ1n) is 4.88. The maximum Gasteiger partial charge on any atom is 0.196 e. The quantitative estimate of drug-likeness (QED) is 0.620. The summed E-state index contributed by atoms with van der Waals surface area (Å²) in [5.74, 6) is 0. The van der Waals surface area contributed by atoms with Crippen molar-refractivity contribution in [3.63, 3.8) is 0 Å². The van der Waals surface area contributed by atoms with E-state index in [-0.39, 0.29) is 10.2 Å². The SMILES string of the molecule is CCCCCCCC(=O)SC(C)=O. The molecule has 0 unspecified atom stereocenters. The normalized spacial score (nSPS) is 10.0. The van der Waals surface area contributed by atoms with Crippen molar-refractivity contribution in [2.75, 3.05) is 0 Å². The van der Waals surface area contributed by atoms with Crippen molar-refractivity contribution < 1.29 is 9.59 Å². The monoisotopic (exact) mass is 202 g/mol. The molecule has 0 saturated carbocycles. The summed E-state index contributed by atoms with van der Waals surface area (Å²) >= 11 is 0.840. The summed E-state index contributed by atoms with van der Waals surface area (Å²) in [7, 11) is 0. The van der Waals surface area contributed by atoms with E-state index in [9.17, 15) is 9.59 Å². The summed E-state index contributed by atoms with van der Waals surface area (Å²) in [6.45, 7) is 3.59. The lowest BCUT2D eigenvalue weighted by atomic mass is 10.1. The van der Waals surface area contributed by atoms with Crippen LogP contribution < -0.4 is 0 Å². The van der Waals surface area contributed by atoms with Crippen molar-refractivity contribution in [3.8, 4) is 0 Å². The van der Waals surface area contributed by atoms with Gasteiger partial charge in [-0.15, -0.1) is 0 Å². The van der Waals surface area contributed by atoms with Crippen molar-refractivity contribution in [2.24, 2.45) is 0 Å². The molecule has 3 heteroatoms. The van der Waals surface area contributed by atoms with Gasteiger partial charge in [0.2, 0.25) is 0 Å². The average molecular weight is 202 g/mol. The van der Waals surface area contributed by atoms with Gasteiger partial charge in [0.05, 0.1) is 0 Å². The highest BCUT2D eigenvalue weighted by atomic mass is 32.2. The molecule has 0 N–H and O–H groups in total. The molecule has 0 fully saturated rings. The van der Waals surface area contributed by atoms with Crippen LogP contribution in [0.25, 0.3) is 0 Å². The molecule has 0 spiro atoms. The molecule has 2 nitrogen and oxygen atoms in total. The average Bonchev–Trinajstić information content (AvgIpc) is 2.02. The molecule has 0 aromatic rings. The number of carbonyl (C=O) groups is 2. The van der Waals surface area contributed by atoms with E-state index in [1.54, 1.807) is 0 Å². The molecule has 0 aliphatic rings. The first-order chi connectivity index (χ1) is 6.16. The van der Waals surface area contributed by atoms with Gasteiger partial charge >= 0.3 is 0 Å². The maximum absolute atomic E-state index is 11.0. The molecular weight excluding hydrogens is 184 g/mol. The van der Waals surface area contributed by atoms with Crippen molar-refractivity contribution in [1.82, 2.24) is 0 Å². The minimum atomic E-state index is -0.0986. The summed E-state index contributed by atoms with van der Waals surface area (Å²) in [6, 6.07) is 0. The number of thioether (sulfide) groups is 1. The molecule has 0 amide bonds. The number of hydrogen-bond acceptors (Lipinski definition) is 3. The lowest BCUT2D eigenvalue weighted by molar-refractivity contribution is -0.112. The van der Waals surface area contributed by atoms with Crippen LogP contribution in [-0.2, 0) is 9.59 Å². The second kappa shape index (κ2) is 8.30. The second-order valence-electron chi connectivity index (χ2n) is 3.13. The van der Waals surface area contributed by atoms with Crippen molar-refractivity contribution >= 4 is 22.0 Å². The zero-order valence-corrected chi connectivity index (χ0v) is 9.28. The van der Waals surface area contributed by atoms with Crippen molar-refractivity contribution in [3.05, 3.63) is 0 Å². The van der Waals surface area contributed by atoms with Gasteiger partial charge in [-0.2, -0.15) is 0 Å². The Morgan fingerprint density at radius 3 is 2.23 bits per heavy atom. The summed E-state index contributed by atoms with van der Waals surface area (Å²) < 4.78 is 0. The Labute approximate surface area is 84.5 Å². The molecule has 0 atom stereocenters. The van der Waals surface area contributed by atoms with Crippen LogP contribution in [0.5, 0.6) is 0 Å². The molecule has 0 heterocycles. The van der Waals surface area contributed by atoms with Gasteiger partial charge in [-0.25, -0.2) is 0 Å². The lowest BCUT2D eigenvalue weighted by Crippen LogP contribution is -1.95. The van der Waals surface area contributed by atoms with E-state index in [2.05, 4.69) is 6.92 Å². The Bertz CT molecular complexity index is 166. The zero-order valence-electron chi connectivity index (χ0n) is 8.47. The minimum Gasteiger partial charge on any atom is -0.287 e. The molecule has 13 heavy (non-hydrogen) atoms. The molecule has 0 aliphatic carbocycles. The smallest absolute Gasteiger partial charge is 0.196 e. The molecule has 0 radical (unpaired) electrons. The number of rotatable bonds is 6. The molecule has 76 valence electrons. The standard InChI is InChI=1S/C10H18O2S/c1-3-4-5-6-7-8-10(12)13-9(2)11/h3-8H2,1-2H3. The van der Waals surface area contributed by atoms with E-state index in [0.717, 1.165) is 24.6 Å². The van der Waals surface area contributed by atoms with Crippen LogP contribution in [0.15, 0.2) is 0 Å². The number of carbonyl (C=O) groups excluding carboxylic acids is 2. The van der Waals surface area contributed by atoms with Crippen LogP contribution in [0.3, 0.4) is 0 Å². The first kappa shape index (κ1) is 12.7. The lowest BCUT2D eigenvalue weighted by Gasteiger charge is -1.98. The minimum absolute atomic E-state index is 0.0176. The maximum atomic E-state index is 11.0.